The molecule has 3 N–H and O–H groups in total. The summed E-state index contributed by atoms with van der Waals surface area (Å²) in [4.78, 5) is 12.0. The van der Waals surface area contributed by atoms with E-state index in [1.165, 1.54) is 0 Å². The Morgan fingerprint density at radius 2 is 2.07 bits per heavy atom. The molecule has 1 amide bonds. The van der Waals surface area contributed by atoms with Crippen LogP contribution in [0.15, 0.2) is 6.20 Å². The van der Waals surface area contributed by atoms with Crippen LogP contribution in [0.2, 0.25) is 0 Å². The monoisotopic (exact) mass is 378 g/mol. The number of rotatable bonds is 7. The summed E-state index contributed by atoms with van der Waals surface area (Å²) in [5.41, 5.74) is -0.144. The maximum atomic E-state index is 12.0. The predicted molar refractivity (Wildman–Crippen MR) is 96.6 cm³/mol. The predicted octanol–water partition coefficient (Wildman–Crippen LogP) is 0.864. The van der Waals surface area contributed by atoms with Crippen molar-refractivity contribution >= 4 is 5.91 Å². The lowest BCUT2D eigenvalue weighted by Gasteiger charge is -2.36. The Kier molecular flexibility index (Phi) is 5.48. The number of nitrogens with zero attached hydrogens (tertiary/aromatic N) is 3. The molecule has 1 aromatic rings. The van der Waals surface area contributed by atoms with Crippen molar-refractivity contribution in [1.82, 2.24) is 20.3 Å². The highest BCUT2D eigenvalue weighted by molar-refractivity contribution is 5.81. The maximum absolute atomic E-state index is 12.0. The summed E-state index contributed by atoms with van der Waals surface area (Å²) in [6, 6.07) is -0.103. The third kappa shape index (κ3) is 4.33. The molecule has 0 aromatic carbocycles. The minimum Gasteiger partial charge on any atom is -0.394 e. The van der Waals surface area contributed by atoms with Gasteiger partial charge in [-0.05, 0) is 44.9 Å². The third-order valence-corrected chi connectivity index (χ3v) is 6.20. The van der Waals surface area contributed by atoms with Crippen LogP contribution in [-0.2, 0) is 21.7 Å². The molecule has 1 saturated heterocycles. The molecular formula is C19H30N4O4. The lowest BCUT2D eigenvalue weighted by Crippen LogP contribution is -2.51. The van der Waals surface area contributed by atoms with Crippen molar-refractivity contribution in [3.05, 3.63) is 11.9 Å². The zero-order chi connectivity index (χ0) is 18.9. The number of aromatic nitrogens is 3. The molecule has 0 radical (unpaired) electrons. The van der Waals surface area contributed by atoms with Crippen LogP contribution < -0.4 is 5.32 Å². The summed E-state index contributed by atoms with van der Waals surface area (Å²) in [5, 5.41) is 31.6. The molecule has 0 unspecified atom stereocenters. The van der Waals surface area contributed by atoms with Crippen molar-refractivity contribution in [2.24, 2.45) is 5.92 Å². The number of carbonyl (C=O) groups excluding carboxylic acids is 1. The molecular weight excluding hydrogens is 348 g/mol. The van der Waals surface area contributed by atoms with E-state index in [4.69, 9.17) is 4.74 Å². The quantitative estimate of drug-likeness (QED) is 0.649. The molecule has 0 bridgehead atoms. The first kappa shape index (κ1) is 18.8. The van der Waals surface area contributed by atoms with E-state index in [9.17, 15) is 15.0 Å². The molecule has 1 aromatic heterocycles. The van der Waals surface area contributed by atoms with Gasteiger partial charge in [0.1, 0.15) is 17.4 Å². The zero-order valence-corrected chi connectivity index (χ0v) is 15.7. The number of amides is 1. The molecule has 27 heavy (non-hydrogen) atoms. The number of ether oxygens (including phenoxy) is 1. The van der Waals surface area contributed by atoms with Crippen molar-refractivity contribution in [2.75, 3.05) is 6.61 Å². The molecule has 0 spiro atoms. The highest BCUT2D eigenvalue weighted by Gasteiger charge is 2.37. The van der Waals surface area contributed by atoms with Crippen molar-refractivity contribution in [2.45, 2.75) is 88.2 Å². The van der Waals surface area contributed by atoms with Crippen molar-refractivity contribution in [3.8, 4) is 0 Å². The van der Waals surface area contributed by atoms with Gasteiger partial charge in [-0.1, -0.05) is 18.1 Å². The first-order valence-electron chi connectivity index (χ1n) is 10.3. The zero-order valence-electron chi connectivity index (χ0n) is 15.7. The van der Waals surface area contributed by atoms with Crippen LogP contribution >= 0.6 is 0 Å². The van der Waals surface area contributed by atoms with Gasteiger partial charge >= 0.3 is 0 Å². The number of carbonyl (C=O) groups is 1. The second kappa shape index (κ2) is 7.85. The lowest BCUT2D eigenvalue weighted by atomic mass is 9.97. The smallest absolute Gasteiger partial charge is 0.223 e. The van der Waals surface area contributed by atoms with Crippen LogP contribution in [0.5, 0.6) is 0 Å². The van der Waals surface area contributed by atoms with E-state index in [1.54, 1.807) is 4.68 Å². The third-order valence-electron chi connectivity index (χ3n) is 6.20. The van der Waals surface area contributed by atoms with E-state index < -0.39 is 5.60 Å². The first-order valence-corrected chi connectivity index (χ1v) is 10.3. The van der Waals surface area contributed by atoms with Crippen LogP contribution in [0.4, 0.5) is 0 Å². The first-order chi connectivity index (χ1) is 13.1. The molecule has 1 aliphatic heterocycles. The summed E-state index contributed by atoms with van der Waals surface area (Å²) in [5.74, 6) is 0.263. The van der Waals surface area contributed by atoms with Gasteiger partial charge in [0.2, 0.25) is 5.91 Å². The normalized spacial score (nSPS) is 30.4. The number of hydrogen-bond acceptors (Lipinski definition) is 6. The van der Waals surface area contributed by atoms with Crippen LogP contribution in [0.3, 0.4) is 0 Å². The topological polar surface area (TPSA) is 110 Å². The maximum Gasteiger partial charge on any atom is 0.223 e. The Balaban J connectivity index is 1.27. The summed E-state index contributed by atoms with van der Waals surface area (Å²) in [7, 11) is 0. The Morgan fingerprint density at radius 1 is 1.30 bits per heavy atom. The summed E-state index contributed by atoms with van der Waals surface area (Å²) in [6.07, 6.45) is 9.46. The highest BCUT2D eigenvalue weighted by Crippen LogP contribution is 2.37. The Hall–Kier alpha value is -1.51. The Labute approximate surface area is 159 Å². The summed E-state index contributed by atoms with van der Waals surface area (Å²) >= 11 is 0. The fourth-order valence-electron chi connectivity index (χ4n) is 4.27. The van der Waals surface area contributed by atoms with Crippen LogP contribution in [-0.4, -0.2) is 56.0 Å². The van der Waals surface area contributed by atoms with Gasteiger partial charge in [0.25, 0.3) is 0 Å². The van der Waals surface area contributed by atoms with E-state index in [0.29, 0.717) is 12.2 Å². The average molecular weight is 378 g/mol. The standard InChI is InChI=1S/C19H30N4O4/c24-12-16-15(20-18(25)13-3-4-13)6-5-14(27-16)7-10-23-11-17(21-22-23)19(26)8-1-2-9-19/h11,13-16,24,26H,1-10,12H2,(H,20,25)/t14-,15-,16-/m0/s1. The number of aliphatic hydroxyl groups is 2. The van der Waals surface area contributed by atoms with Gasteiger partial charge in [0.05, 0.1) is 24.9 Å². The molecule has 4 rings (SSSR count). The van der Waals surface area contributed by atoms with Gasteiger partial charge < -0.3 is 20.3 Å². The molecule has 2 heterocycles. The minimum atomic E-state index is -0.811. The van der Waals surface area contributed by atoms with E-state index in [2.05, 4.69) is 15.6 Å². The van der Waals surface area contributed by atoms with Crippen LogP contribution in [0.25, 0.3) is 0 Å². The van der Waals surface area contributed by atoms with Crippen molar-refractivity contribution < 1.29 is 19.7 Å². The number of nitrogens with one attached hydrogen (secondary N) is 1. The fourth-order valence-corrected chi connectivity index (χ4v) is 4.27. The molecule has 2 aliphatic carbocycles. The summed E-state index contributed by atoms with van der Waals surface area (Å²) < 4.78 is 7.79. The molecule has 2 saturated carbocycles. The van der Waals surface area contributed by atoms with Crippen LogP contribution in [0.1, 0.15) is 63.5 Å². The van der Waals surface area contributed by atoms with Crippen LogP contribution in [0, 0.1) is 5.92 Å². The second-order valence-corrected chi connectivity index (χ2v) is 8.34. The highest BCUT2D eigenvalue weighted by atomic mass is 16.5. The van der Waals surface area contributed by atoms with Gasteiger partial charge in [-0.2, -0.15) is 0 Å². The number of hydrogen-bond donors (Lipinski definition) is 3. The largest absolute Gasteiger partial charge is 0.394 e. The average Bonchev–Trinajstić information content (AvgIpc) is 3.25. The minimum absolute atomic E-state index is 0.0263. The second-order valence-electron chi connectivity index (χ2n) is 8.34. The molecule has 150 valence electrons. The van der Waals surface area contributed by atoms with Gasteiger partial charge in [0.15, 0.2) is 0 Å². The Bertz CT molecular complexity index is 654. The van der Waals surface area contributed by atoms with E-state index in [-0.39, 0.29) is 36.7 Å². The molecule has 3 aliphatic rings. The number of aliphatic hydroxyl groups excluding tert-OH is 1. The molecule has 8 heteroatoms. The lowest BCUT2D eigenvalue weighted by molar-refractivity contribution is -0.129. The Morgan fingerprint density at radius 3 is 2.78 bits per heavy atom. The fraction of sp³-hybridized carbons (Fsp3) is 0.842. The van der Waals surface area contributed by atoms with Gasteiger partial charge in [-0.3, -0.25) is 9.48 Å². The van der Waals surface area contributed by atoms with Crippen molar-refractivity contribution in [1.29, 1.82) is 0 Å². The van der Waals surface area contributed by atoms with Gasteiger partial charge in [-0.25, -0.2) is 0 Å². The summed E-state index contributed by atoms with van der Waals surface area (Å²) in [6.45, 7) is 0.567. The van der Waals surface area contributed by atoms with E-state index >= 15 is 0 Å². The van der Waals surface area contributed by atoms with Gasteiger partial charge in [0, 0.05) is 12.5 Å². The van der Waals surface area contributed by atoms with Gasteiger partial charge in [-0.15, -0.1) is 5.10 Å². The molecule has 3 fully saturated rings. The molecule has 3 atom stereocenters. The number of aryl methyl sites for hydroxylation is 1. The van der Waals surface area contributed by atoms with E-state index in [1.807, 2.05) is 6.20 Å². The van der Waals surface area contributed by atoms with E-state index in [0.717, 1.165) is 57.8 Å². The SMILES string of the molecule is O=C(N[C@H]1CC[C@@H](CCn2cc(C3(O)CCCC3)nn2)O[C@H]1CO)C1CC1. The van der Waals surface area contributed by atoms with Crippen molar-refractivity contribution in [3.63, 3.8) is 0 Å². The molecule has 8 nitrogen and oxygen atoms in total.